The molecule has 1 N–H and O–H groups in total. The molecular weight excluding hydrogens is 220 g/mol. The van der Waals surface area contributed by atoms with Crippen molar-refractivity contribution in [1.29, 1.82) is 0 Å². The van der Waals surface area contributed by atoms with Gasteiger partial charge in [-0.15, -0.1) is 0 Å². The van der Waals surface area contributed by atoms with E-state index in [0.717, 1.165) is 11.8 Å². The van der Waals surface area contributed by atoms with Crippen LogP contribution in [0.25, 0.3) is 0 Å². The fourth-order valence-electron chi connectivity index (χ4n) is 3.58. The van der Waals surface area contributed by atoms with Crippen molar-refractivity contribution in [3.8, 4) is 0 Å². The lowest BCUT2D eigenvalue weighted by Crippen LogP contribution is -2.48. The van der Waals surface area contributed by atoms with Crippen LogP contribution in [0.5, 0.6) is 0 Å². The molecule has 108 valence electrons. The van der Waals surface area contributed by atoms with Gasteiger partial charge in [-0.05, 0) is 47.3 Å². The first-order chi connectivity index (χ1) is 7.94. The van der Waals surface area contributed by atoms with Crippen molar-refractivity contribution in [3.63, 3.8) is 0 Å². The van der Waals surface area contributed by atoms with E-state index in [1.807, 2.05) is 0 Å². The lowest BCUT2D eigenvalue weighted by molar-refractivity contribution is -0.0896. The molecule has 2 unspecified atom stereocenters. The Hall–Kier alpha value is -0.0400. The van der Waals surface area contributed by atoms with Gasteiger partial charge in [0, 0.05) is 0 Å². The second-order valence-corrected chi connectivity index (χ2v) is 8.91. The second kappa shape index (κ2) is 5.15. The summed E-state index contributed by atoms with van der Waals surface area (Å²) in [6, 6.07) is 0. The standard InChI is InChI=1S/C17H34O/c1-11(2)12-9-13(16(3,4)5)15(18)14(10-12)17(6,7)8/h11-15,18H,9-10H2,1-8H3. The van der Waals surface area contributed by atoms with E-state index in [1.54, 1.807) is 0 Å². The van der Waals surface area contributed by atoms with Crippen molar-refractivity contribution in [3.05, 3.63) is 0 Å². The van der Waals surface area contributed by atoms with Gasteiger partial charge in [-0.25, -0.2) is 0 Å². The first-order valence-corrected chi connectivity index (χ1v) is 7.62. The van der Waals surface area contributed by atoms with E-state index >= 15 is 0 Å². The Morgan fingerprint density at radius 3 is 1.39 bits per heavy atom. The summed E-state index contributed by atoms with van der Waals surface area (Å²) >= 11 is 0. The molecule has 0 aromatic heterocycles. The van der Waals surface area contributed by atoms with E-state index in [-0.39, 0.29) is 16.9 Å². The van der Waals surface area contributed by atoms with Crippen LogP contribution >= 0.6 is 0 Å². The largest absolute Gasteiger partial charge is 0.393 e. The maximum atomic E-state index is 10.8. The highest BCUT2D eigenvalue weighted by molar-refractivity contribution is 4.95. The smallest absolute Gasteiger partial charge is 0.0606 e. The molecule has 0 aromatic rings. The molecule has 18 heavy (non-hydrogen) atoms. The molecule has 1 saturated carbocycles. The zero-order chi connectivity index (χ0) is 14.3. The summed E-state index contributed by atoms with van der Waals surface area (Å²) in [5.41, 5.74) is 0.410. The van der Waals surface area contributed by atoms with Crippen LogP contribution in [0.4, 0.5) is 0 Å². The number of aliphatic hydroxyl groups excluding tert-OH is 1. The number of rotatable bonds is 1. The predicted octanol–water partition coefficient (Wildman–Crippen LogP) is 4.74. The molecule has 0 aliphatic heterocycles. The van der Waals surface area contributed by atoms with E-state index in [4.69, 9.17) is 0 Å². The quantitative estimate of drug-likeness (QED) is 0.716. The van der Waals surface area contributed by atoms with Crippen LogP contribution < -0.4 is 0 Å². The van der Waals surface area contributed by atoms with Gasteiger partial charge in [0.2, 0.25) is 0 Å². The van der Waals surface area contributed by atoms with E-state index in [0.29, 0.717) is 11.8 Å². The van der Waals surface area contributed by atoms with Crippen LogP contribution in [0.2, 0.25) is 0 Å². The summed E-state index contributed by atoms with van der Waals surface area (Å²) in [5.74, 6) is 2.36. The topological polar surface area (TPSA) is 20.2 Å². The Morgan fingerprint density at radius 1 is 0.833 bits per heavy atom. The van der Waals surface area contributed by atoms with Gasteiger partial charge in [0.15, 0.2) is 0 Å². The lowest BCUT2D eigenvalue weighted by atomic mass is 9.57. The summed E-state index contributed by atoms with van der Waals surface area (Å²) in [6.07, 6.45) is 2.24. The first-order valence-electron chi connectivity index (χ1n) is 7.62. The molecule has 1 aliphatic rings. The third-order valence-corrected chi connectivity index (χ3v) is 5.11. The fraction of sp³-hybridized carbons (Fsp3) is 1.00. The zero-order valence-corrected chi connectivity index (χ0v) is 13.7. The Balaban J connectivity index is 3.00. The molecule has 0 spiro atoms. The summed E-state index contributed by atoms with van der Waals surface area (Å²) in [7, 11) is 0. The second-order valence-electron chi connectivity index (χ2n) is 8.91. The van der Waals surface area contributed by atoms with Gasteiger partial charge in [-0.1, -0.05) is 55.4 Å². The molecule has 0 aromatic carbocycles. The molecule has 0 bridgehead atoms. The molecule has 0 saturated heterocycles. The number of aliphatic hydroxyl groups is 1. The minimum absolute atomic E-state index is 0.139. The van der Waals surface area contributed by atoms with Crippen molar-refractivity contribution in [1.82, 2.24) is 0 Å². The molecular formula is C17H34O. The molecule has 1 rings (SSSR count). The highest BCUT2D eigenvalue weighted by Gasteiger charge is 2.46. The first kappa shape index (κ1) is 16.0. The maximum Gasteiger partial charge on any atom is 0.0606 e. The average Bonchev–Trinajstić information content (AvgIpc) is 2.13. The van der Waals surface area contributed by atoms with E-state index in [9.17, 15) is 5.11 Å². The van der Waals surface area contributed by atoms with Gasteiger partial charge in [-0.3, -0.25) is 0 Å². The summed E-state index contributed by atoms with van der Waals surface area (Å²) in [5, 5.41) is 10.8. The van der Waals surface area contributed by atoms with Gasteiger partial charge < -0.3 is 5.11 Å². The van der Waals surface area contributed by atoms with Crippen molar-refractivity contribution in [2.75, 3.05) is 0 Å². The van der Waals surface area contributed by atoms with Crippen molar-refractivity contribution in [2.24, 2.45) is 34.5 Å². The highest BCUT2D eigenvalue weighted by Crippen LogP contribution is 2.49. The van der Waals surface area contributed by atoms with Crippen LogP contribution in [0, 0.1) is 34.5 Å². The molecule has 0 amide bonds. The molecule has 1 aliphatic carbocycles. The summed E-state index contributed by atoms with van der Waals surface area (Å²) in [6.45, 7) is 18.4. The molecule has 1 fully saturated rings. The number of hydrogen-bond acceptors (Lipinski definition) is 1. The SMILES string of the molecule is CC(C)C1CC(C(C)(C)C)C(O)C(C(C)(C)C)C1. The summed E-state index contributed by atoms with van der Waals surface area (Å²) < 4.78 is 0. The van der Waals surface area contributed by atoms with Crippen molar-refractivity contribution < 1.29 is 5.11 Å². The van der Waals surface area contributed by atoms with Gasteiger partial charge in [-0.2, -0.15) is 0 Å². The van der Waals surface area contributed by atoms with Gasteiger partial charge in [0.25, 0.3) is 0 Å². The molecule has 0 heterocycles. The average molecular weight is 254 g/mol. The molecule has 1 nitrogen and oxygen atoms in total. The van der Waals surface area contributed by atoms with Crippen LogP contribution in [-0.4, -0.2) is 11.2 Å². The fourth-order valence-corrected chi connectivity index (χ4v) is 3.58. The van der Waals surface area contributed by atoms with Crippen LogP contribution in [-0.2, 0) is 0 Å². The molecule has 2 atom stereocenters. The minimum atomic E-state index is -0.139. The highest BCUT2D eigenvalue weighted by atomic mass is 16.3. The minimum Gasteiger partial charge on any atom is -0.393 e. The van der Waals surface area contributed by atoms with Crippen LogP contribution in [0.3, 0.4) is 0 Å². The Bertz CT molecular complexity index is 242. The van der Waals surface area contributed by atoms with Crippen LogP contribution in [0.1, 0.15) is 68.2 Å². The van der Waals surface area contributed by atoms with Crippen molar-refractivity contribution in [2.45, 2.75) is 74.3 Å². The normalized spacial score (nSPS) is 35.0. The Morgan fingerprint density at radius 2 is 1.17 bits per heavy atom. The molecule has 0 radical (unpaired) electrons. The third kappa shape index (κ3) is 3.50. The maximum absolute atomic E-state index is 10.8. The van der Waals surface area contributed by atoms with Gasteiger partial charge in [0.1, 0.15) is 0 Å². The van der Waals surface area contributed by atoms with Gasteiger partial charge >= 0.3 is 0 Å². The monoisotopic (exact) mass is 254 g/mol. The van der Waals surface area contributed by atoms with E-state index in [1.165, 1.54) is 12.8 Å². The lowest BCUT2D eigenvalue weighted by Gasteiger charge is -2.50. The van der Waals surface area contributed by atoms with Crippen LogP contribution in [0.15, 0.2) is 0 Å². The Kier molecular flexibility index (Phi) is 4.58. The van der Waals surface area contributed by atoms with Crippen molar-refractivity contribution >= 4 is 0 Å². The predicted molar refractivity (Wildman–Crippen MR) is 79.5 cm³/mol. The Labute approximate surface area is 114 Å². The van der Waals surface area contributed by atoms with E-state index in [2.05, 4.69) is 55.4 Å². The third-order valence-electron chi connectivity index (χ3n) is 5.11. The number of hydrogen-bond donors (Lipinski definition) is 1. The van der Waals surface area contributed by atoms with Gasteiger partial charge in [0.05, 0.1) is 6.10 Å². The molecule has 1 heteroatoms. The van der Waals surface area contributed by atoms with E-state index < -0.39 is 0 Å². The summed E-state index contributed by atoms with van der Waals surface area (Å²) in [4.78, 5) is 0. The zero-order valence-electron chi connectivity index (χ0n) is 13.7.